The molecule has 0 radical (unpaired) electrons. The third-order valence-electron chi connectivity index (χ3n) is 3.60. The lowest BCUT2D eigenvalue weighted by Gasteiger charge is -2.20. The zero-order chi connectivity index (χ0) is 13.5. The Kier molecular flexibility index (Phi) is 5.30. The fraction of sp³-hybridized carbons (Fsp3) is 0.846. The van der Waals surface area contributed by atoms with Crippen LogP contribution in [-0.2, 0) is 9.47 Å². The van der Waals surface area contributed by atoms with Crippen molar-refractivity contribution in [3.05, 3.63) is 0 Å². The highest BCUT2D eigenvalue weighted by atomic mass is 16.6. The van der Waals surface area contributed by atoms with Crippen LogP contribution in [0.2, 0.25) is 0 Å². The summed E-state index contributed by atoms with van der Waals surface area (Å²) in [6.45, 7) is 0. The van der Waals surface area contributed by atoms with Crippen LogP contribution in [0.25, 0.3) is 0 Å². The lowest BCUT2D eigenvalue weighted by atomic mass is 9.98. The van der Waals surface area contributed by atoms with Gasteiger partial charge in [0, 0.05) is 0 Å². The molecule has 6 heteroatoms. The van der Waals surface area contributed by atoms with Gasteiger partial charge in [0.1, 0.15) is 12.2 Å². The van der Waals surface area contributed by atoms with Crippen molar-refractivity contribution in [1.29, 1.82) is 0 Å². The maximum Gasteiger partial charge on any atom is 0.452 e. The van der Waals surface area contributed by atoms with Crippen LogP contribution >= 0.6 is 0 Å². The van der Waals surface area contributed by atoms with Crippen LogP contribution in [0.3, 0.4) is 0 Å². The molecule has 106 valence electrons. The van der Waals surface area contributed by atoms with E-state index in [2.05, 4.69) is 10.2 Å². The average molecular weight is 268 g/mol. The van der Waals surface area contributed by atoms with Gasteiger partial charge in [-0.1, -0.05) is 16.6 Å². The molecule has 0 aromatic carbocycles. The van der Waals surface area contributed by atoms with Crippen molar-refractivity contribution in [3.63, 3.8) is 0 Å². The molecule has 0 aromatic rings. The van der Waals surface area contributed by atoms with Gasteiger partial charge in [-0.3, -0.25) is 0 Å². The zero-order valence-corrected chi connectivity index (χ0v) is 11.0. The van der Waals surface area contributed by atoms with Gasteiger partial charge < -0.3 is 9.47 Å². The molecule has 0 aromatic heterocycles. The van der Waals surface area contributed by atoms with Crippen molar-refractivity contribution < 1.29 is 19.1 Å². The van der Waals surface area contributed by atoms with Crippen LogP contribution in [0.15, 0.2) is 10.2 Å². The molecule has 0 N–H and O–H groups in total. The second kappa shape index (κ2) is 7.21. The number of ether oxygens (including phenoxy) is 2. The van der Waals surface area contributed by atoms with Crippen LogP contribution in [0.1, 0.15) is 57.8 Å². The van der Waals surface area contributed by atoms with E-state index in [1.807, 2.05) is 0 Å². The molecule has 2 amide bonds. The first kappa shape index (κ1) is 14.0. The van der Waals surface area contributed by atoms with Gasteiger partial charge in [0.05, 0.1) is 0 Å². The maximum atomic E-state index is 11.4. The summed E-state index contributed by atoms with van der Waals surface area (Å²) in [5.41, 5.74) is 0. The van der Waals surface area contributed by atoms with E-state index < -0.39 is 12.2 Å². The van der Waals surface area contributed by atoms with E-state index in [9.17, 15) is 9.59 Å². The first-order chi connectivity index (χ1) is 9.24. The van der Waals surface area contributed by atoms with Crippen molar-refractivity contribution in [2.75, 3.05) is 0 Å². The number of nitrogens with zero attached hydrogens (tertiary/aromatic N) is 2. The van der Waals surface area contributed by atoms with Gasteiger partial charge in [0.2, 0.25) is 0 Å². The summed E-state index contributed by atoms with van der Waals surface area (Å²) in [6.07, 6.45) is 7.19. The second-order valence-corrected chi connectivity index (χ2v) is 5.13. The highest BCUT2D eigenvalue weighted by molar-refractivity contribution is 5.73. The van der Waals surface area contributed by atoms with E-state index in [-0.39, 0.29) is 12.2 Å². The van der Waals surface area contributed by atoms with Gasteiger partial charge >= 0.3 is 12.2 Å². The van der Waals surface area contributed by atoms with Gasteiger partial charge in [0.25, 0.3) is 0 Å². The minimum absolute atomic E-state index is 0.0687. The number of hydrogen-bond donors (Lipinski definition) is 0. The molecule has 0 unspecified atom stereocenters. The molecule has 2 saturated carbocycles. The molecule has 2 fully saturated rings. The van der Waals surface area contributed by atoms with E-state index in [4.69, 9.17) is 9.47 Å². The molecule has 2 rings (SSSR count). The molecule has 2 aliphatic carbocycles. The monoisotopic (exact) mass is 268 g/mol. The quantitative estimate of drug-likeness (QED) is 0.709. The van der Waals surface area contributed by atoms with Crippen molar-refractivity contribution in [2.45, 2.75) is 70.0 Å². The zero-order valence-electron chi connectivity index (χ0n) is 11.0. The normalized spacial score (nSPS) is 21.7. The van der Waals surface area contributed by atoms with Crippen LogP contribution in [0.5, 0.6) is 0 Å². The Morgan fingerprint density at radius 3 is 1.47 bits per heavy atom. The van der Waals surface area contributed by atoms with Crippen LogP contribution in [0, 0.1) is 0 Å². The number of azo groups is 1. The number of hydrogen-bond acceptors (Lipinski definition) is 4. The van der Waals surface area contributed by atoms with Crippen molar-refractivity contribution >= 4 is 12.2 Å². The summed E-state index contributed by atoms with van der Waals surface area (Å²) in [5.74, 6) is 0. The third-order valence-corrected chi connectivity index (χ3v) is 3.60. The van der Waals surface area contributed by atoms with Gasteiger partial charge in [0.15, 0.2) is 0 Å². The summed E-state index contributed by atoms with van der Waals surface area (Å²) in [6, 6.07) is 0. The summed E-state index contributed by atoms with van der Waals surface area (Å²) in [7, 11) is 0. The Morgan fingerprint density at radius 2 is 1.05 bits per heavy atom. The topological polar surface area (TPSA) is 77.3 Å². The van der Waals surface area contributed by atoms with Gasteiger partial charge in [-0.05, 0) is 51.4 Å². The van der Waals surface area contributed by atoms with Crippen LogP contribution in [0.4, 0.5) is 9.59 Å². The van der Waals surface area contributed by atoms with E-state index in [1.165, 1.54) is 6.42 Å². The lowest BCUT2D eigenvalue weighted by Crippen LogP contribution is -2.19. The highest BCUT2D eigenvalue weighted by Gasteiger charge is 2.20. The maximum absolute atomic E-state index is 11.4. The molecule has 6 nitrogen and oxygen atoms in total. The Labute approximate surface area is 112 Å². The predicted octanol–water partition coefficient (Wildman–Crippen LogP) is 3.99. The molecule has 0 bridgehead atoms. The summed E-state index contributed by atoms with van der Waals surface area (Å²) < 4.78 is 10.1. The highest BCUT2D eigenvalue weighted by Crippen LogP contribution is 2.22. The molecule has 0 atom stereocenters. The molecular formula is C13H20N2O4. The molecule has 0 spiro atoms. The Hall–Kier alpha value is -1.46. The van der Waals surface area contributed by atoms with E-state index in [0.29, 0.717) is 0 Å². The second-order valence-electron chi connectivity index (χ2n) is 5.13. The molecule has 19 heavy (non-hydrogen) atoms. The van der Waals surface area contributed by atoms with Crippen molar-refractivity contribution in [1.82, 2.24) is 0 Å². The number of amides is 2. The Balaban J connectivity index is 1.67. The summed E-state index contributed by atoms with van der Waals surface area (Å²) >= 11 is 0. The minimum atomic E-state index is -0.799. The van der Waals surface area contributed by atoms with Crippen molar-refractivity contribution in [3.8, 4) is 0 Å². The van der Waals surface area contributed by atoms with E-state index in [1.54, 1.807) is 0 Å². The van der Waals surface area contributed by atoms with Gasteiger partial charge in [-0.25, -0.2) is 9.59 Å². The smallest absolute Gasteiger partial charge is 0.444 e. The third kappa shape index (κ3) is 4.96. The Morgan fingerprint density at radius 1 is 0.684 bits per heavy atom. The largest absolute Gasteiger partial charge is 0.452 e. The molecule has 2 aliphatic rings. The Bertz CT molecular complexity index is 345. The molecule has 0 aliphatic heterocycles. The fourth-order valence-electron chi connectivity index (χ4n) is 2.60. The first-order valence-electron chi connectivity index (χ1n) is 7.07. The molecule has 0 saturated heterocycles. The fourth-order valence-corrected chi connectivity index (χ4v) is 2.60. The van der Waals surface area contributed by atoms with Crippen LogP contribution in [-0.4, -0.2) is 24.4 Å². The predicted molar refractivity (Wildman–Crippen MR) is 66.9 cm³/mol. The van der Waals surface area contributed by atoms with Gasteiger partial charge in [-0.2, -0.15) is 0 Å². The number of rotatable bonds is 2. The SMILES string of the molecule is O=C(N=NC(=O)OC1CCCC1)OC1CCCCC1. The molecule has 0 heterocycles. The molecular weight excluding hydrogens is 248 g/mol. The minimum Gasteiger partial charge on any atom is -0.444 e. The standard InChI is InChI=1S/C13H20N2O4/c16-12(18-10-6-2-1-3-7-10)14-15-13(17)19-11-8-4-5-9-11/h10-11H,1-9H2. The number of carbonyl (C=O) groups excluding carboxylic acids is 2. The first-order valence-corrected chi connectivity index (χ1v) is 7.07. The number of carbonyl (C=O) groups is 2. The van der Waals surface area contributed by atoms with Crippen molar-refractivity contribution in [2.24, 2.45) is 10.2 Å². The van der Waals surface area contributed by atoms with E-state index >= 15 is 0 Å². The summed E-state index contributed by atoms with van der Waals surface area (Å²) in [4.78, 5) is 22.7. The van der Waals surface area contributed by atoms with E-state index in [0.717, 1.165) is 51.4 Å². The average Bonchev–Trinajstić information content (AvgIpc) is 2.90. The van der Waals surface area contributed by atoms with Gasteiger partial charge in [-0.15, -0.1) is 0 Å². The summed E-state index contributed by atoms with van der Waals surface area (Å²) in [5, 5.41) is 6.49. The lowest BCUT2D eigenvalue weighted by molar-refractivity contribution is 0.0800. The van der Waals surface area contributed by atoms with Crippen LogP contribution < -0.4 is 0 Å².